The van der Waals surface area contributed by atoms with Gasteiger partial charge in [0.25, 0.3) is 0 Å². The summed E-state index contributed by atoms with van der Waals surface area (Å²) >= 11 is 0. The van der Waals surface area contributed by atoms with Gasteiger partial charge in [-0.2, -0.15) is 0 Å². The highest BCUT2D eigenvalue weighted by Gasteiger charge is 2.13. The van der Waals surface area contributed by atoms with E-state index in [1.54, 1.807) is 13.3 Å². The number of methoxy groups -OCH3 is 1. The van der Waals surface area contributed by atoms with Crippen LogP contribution in [-0.2, 0) is 14.3 Å². The number of carbonyl (C=O) groups excluding carboxylic acids is 1. The van der Waals surface area contributed by atoms with E-state index >= 15 is 0 Å². The van der Waals surface area contributed by atoms with Gasteiger partial charge in [0, 0.05) is 13.5 Å². The maximum atomic E-state index is 11.9. The van der Waals surface area contributed by atoms with E-state index in [4.69, 9.17) is 9.47 Å². The second kappa shape index (κ2) is 9.07. The number of imidazole rings is 1. The minimum Gasteiger partial charge on any atom is -0.382 e. The molecule has 1 atom stereocenters. The molecule has 0 aliphatic rings. The largest absolute Gasteiger partial charge is 0.382 e. The summed E-state index contributed by atoms with van der Waals surface area (Å²) in [6, 6.07) is 9.77. The number of nitrogens with zero attached hydrogens (tertiary/aromatic N) is 1. The van der Waals surface area contributed by atoms with E-state index in [2.05, 4.69) is 15.3 Å². The van der Waals surface area contributed by atoms with Crippen molar-refractivity contribution in [2.24, 2.45) is 0 Å². The van der Waals surface area contributed by atoms with Gasteiger partial charge in [-0.1, -0.05) is 30.3 Å². The number of H-pyrrole nitrogens is 1. The van der Waals surface area contributed by atoms with Gasteiger partial charge in [0.2, 0.25) is 5.91 Å². The van der Waals surface area contributed by atoms with Crippen molar-refractivity contribution in [1.82, 2.24) is 15.3 Å². The van der Waals surface area contributed by atoms with Gasteiger partial charge in [-0.05, 0) is 12.5 Å². The van der Waals surface area contributed by atoms with Gasteiger partial charge in [0.05, 0.1) is 37.8 Å². The van der Waals surface area contributed by atoms with E-state index in [9.17, 15) is 4.79 Å². The van der Waals surface area contributed by atoms with Crippen LogP contribution in [0.5, 0.6) is 0 Å². The van der Waals surface area contributed by atoms with Crippen molar-refractivity contribution in [3.8, 4) is 11.3 Å². The first kappa shape index (κ1) is 17.2. The summed E-state index contributed by atoms with van der Waals surface area (Å²) in [6.45, 7) is 3.32. The van der Waals surface area contributed by atoms with Crippen LogP contribution < -0.4 is 5.32 Å². The molecule has 2 N–H and O–H groups in total. The minimum absolute atomic E-state index is 0.0624. The third kappa shape index (κ3) is 5.50. The predicted molar refractivity (Wildman–Crippen MR) is 87.9 cm³/mol. The van der Waals surface area contributed by atoms with Crippen molar-refractivity contribution >= 4 is 5.91 Å². The maximum Gasteiger partial charge on any atom is 0.222 e. The number of carbonyl (C=O) groups is 1. The molecule has 0 fully saturated rings. The molecule has 1 aromatic carbocycles. The van der Waals surface area contributed by atoms with Gasteiger partial charge in [-0.3, -0.25) is 4.79 Å². The van der Waals surface area contributed by atoms with Gasteiger partial charge in [-0.15, -0.1) is 0 Å². The first-order chi connectivity index (χ1) is 11.2. The van der Waals surface area contributed by atoms with Crippen molar-refractivity contribution in [2.45, 2.75) is 19.4 Å². The summed E-state index contributed by atoms with van der Waals surface area (Å²) in [5.74, 6) is 0.671. The van der Waals surface area contributed by atoms with Gasteiger partial charge in [0.15, 0.2) is 0 Å². The number of benzene rings is 1. The fourth-order valence-corrected chi connectivity index (χ4v) is 2.11. The van der Waals surface area contributed by atoms with Crippen LogP contribution in [0, 0.1) is 0 Å². The summed E-state index contributed by atoms with van der Waals surface area (Å²) < 4.78 is 10.2. The summed E-state index contributed by atoms with van der Waals surface area (Å²) in [6.07, 6.45) is 2.10. The standard InChI is InChI=1S/C17H23N3O3/c1-13(19-16(21)8-9-23-11-10-22-2)17-18-12-15(20-17)14-6-4-3-5-7-14/h3-7,12-13H,8-11H2,1-2H3,(H,18,20)(H,19,21)/t13-/m1/s1. The lowest BCUT2D eigenvalue weighted by atomic mass is 10.2. The summed E-state index contributed by atoms with van der Waals surface area (Å²) in [4.78, 5) is 19.5. The Kier molecular flexibility index (Phi) is 6.77. The fourth-order valence-electron chi connectivity index (χ4n) is 2.11. The highest BCUT2D eigenvalue weighted by molar-refractivity contribution is 5.76. The molecular formula is C17H23N3O3. The van der Waals surface area contributed by atoms with E-state index in [0.717, 1.165) is 17.1 Å². The zero-order chi connectivity index (χ0) is 16.5. The number of hydrogen-bond donors (Lipinski definition) is 2. The summed E-state index contributed by atoms with van der Waals surface area (Å²) in [7, 11) is 1.62. The molecule has 0 saturated heterocycles. The predicted octanol–water partition coefficient (Wildman–Crippen LogP) is 2.31. The summed E-state index contributed by atoms with van der Waals surface area (Å²) in [5, 5.41) is 2.91. The van der Waals surface area contributed by atoms with Gasteiger partial charge in [-0.25, -0.2) is 4.98 Å². The Morgan fingerprint density at radius 2 is 2.04 bits per heavy atom. The molecule has 0 unspecified atom stereocenters. The van der Waals surface area contributed by atoms with E-state index < -0.39 is 0 Å². The number of aromatic nitrogens is 2. The van der Waals surface area contributed by atoms with Crippen LogP contribution in [0.2, 0.25) is 0 Å². The Morgan fingerprint density at radius 1 is 1.26 bits per heavy atom. The molecule has 2 aromatic rings. The fraction of sp³-hybridized carbons (Fsp3) is 0.412. The van der Waals surface area contributed by atoms with Crippen molar-refractivity contribution < 1.29 is 14.3 Å². The van der Waals surface area contributed by atoms with Crippen LogP contribution in [0.25, 0.3) is 11.3 Å². The van der Waals surface area contributed by atoms with E-state index in [1.165, 1.54) is 0 Å². The monoisotopic (exact) mass is 317 g/mol. The lowest BCUT2D eigenvalue weighted by molar-refractivity contribution is -0.123. The minimum atomic E-state index is -0.182. The maximum absolute atomic E-state index is 11.9. The molecule has 6 nitrogen and oxygen atoms in total. The molecule has 0 aliphatic carbocycles. The molecule has 0 radical (unpaired) electrons. The number of aromatic amines is 1. The molecule has 6 heteroatoms. The SMILES string of the molecule is COCCOCCC(=O)N[C@H](C)c1ncc(-c2ccccc2)[nH]1. The molecule has 1 heterocycles. The molecule has 124 valence electrons. The van der Waals surface area contributed by atoms with Crippen LogP contribution in [0.4, 0.5) is 0 Å². The first-order valence-corrected chi connectivity index (χ1v) is 7.67. The van der Waals surface area contributed by atoms with Crippen molar-refractivity contribution in [1.29, 1.82) is 0 Å². The molecule has 0 bridgehead atoms. The van der Waals surface area contributed by atoms with Crippen molar-refractivity contribution in [3.63, 3.8) is 0 Å². The normalized spacial score (nSPS) is 12.1. The molecule has 0 saturated carbocycles. The van der Waals surface area contributed by atoms with Crippen molar-refractivity contribution in [2.75, 3.05) is 26.9 Å². The number of amides is 1. The second-order valence-electron chi connectivity index (χ2n) is 5.19. The average molecular weight is 317 g/mol. The topological polar surface area (TPSA) is 76.2 Å². The van der Waals surface area contributed by atoms with Crippen LogP contribution in [0.15, 0.2) is 36.5 Å². The average Bonchev–Trinajstić information content (AvgIpc) is 3.05. The number of ether oxygens (including phenoxy) is 2. The third-order valence-corrected chi connectivity index (χ3v) is 3.37. The Balaban J connectivity index is 1.80. The third-order valence-electron chi connectivity index (χ3n) is 3.37. The Labute approximate surface area is 136 Å². The van der Waals surface area contributed by atoms with Crippen LogP contribution in [0.3, 0.4) is 0 Å². The Morgan fingerprint density at radius 3 is 2.78 bits per heavy atom. The molecule has 1 amide bonds. The van der Waals surface area contributed by atoms with E-state index in [0.29, 0.717) is 26.2 Å². The van der Waals surface area contributed by atoms with Crippen LogP contribution in [-0.4, -0.2) is 42.8 Å². The number of nitrogens with one attached hydrogen (secondary N) is 2. The molecule has 2 rings (SSSR count). The zero-order valence-corrected chi connectivity index (χ0v) is 13.5. The Hall–Kier alpha value is -2.18. The first-order valence-electron chi connectivity index (χ1n) is 7.67. The zero-order valence-electron chi connectivity index (χ0n) is 13.5. The number of hydrogen-bond acceptors (Lipinski definition) is 4. The van der Waals surface area contributed by atoms with Crippen LogP contribution in [0.1, 0.15) is 25.2 Å². The molecular weight excluding hydrogens is 294 g/mol. The molecule has 23 heavy (non-hydrogen) atoms. The quantitative estimate of drug-likeness (QED) is 0.696. The van der Waals surface area contributed by atoms with Gasteiger partial charge in [0.1, 0.15) is 5.82 Å². The molecule has 1 aromatic heterocycles. The lowest BCUT2D eigenvalue weighted by Gasteiger charge is -2.11. The highest BCUT2D eigenvalue weighted by atomic mass is 16.5. The molecule has 0 aliphatic heterocycles. The highest BCUT2D eigenvalue weighted by Crippen LogP contribution is 2.18. The Bertz CT molecular complexity index is 598. The van der Waals surface area contributed by atoms with E-state index in [-0.39, 0.29) is 11.9 Å². The second-order valence-corrected chi connectivity index (χ2v) is 5.19. The van der Waals surface area contributed by atoms with Gasteiger partial charge >= 0.3 is 0 Å². The smallest absolute Gasteiger partial charge is 0.222 e. The molecule has 0 spiro atoms. The lowest BCUT2D eigenvalue weighted by Crippen LogP contribution is -2.28. The summed E-state index contributed by atoms with van der Waals surface area (Å²) in [5.41, 5.74) is 2.00. The van der Waals surface area contributed by atoms with Crippen molar-refractivity contribution in [3.05, 3.63) is 42.4 Å². The van der Waals surface area contributed by atoms with Gasteiger partial charge < -0.3 is 19.8 Å². The number of rotatable bonds is 9. The van der Waals surface area contributed by atoms with E-state index in [1.807, 2.05) is 37.3 Å². The van der Waals surface area contributed by atoms with Crippen LogP contribution >= 0.6 is 0 Å².